The number of piperidine rings is 1. The summed E-state index contributed by atoms with van der Waals surface area (Å²) < 4.78 is 38.5. The number of alkyl halides is 3. The number of benzene rings is 1. The highest BCUT2D eigenvalue weighted by atomic mass is 35.5. The highest BCUT2D eigenvalue weighted by Crippen LogP contribution is 2.33. The summed E-state index contributed by atoms with van der Waals surface area (Å²) in [6.07, 6.45) is -2.73. The van der Waals surface area contributed by atoms with Crippen LogP contribution >= 0.6 is 23.4 Å². The molecule has 0 bridgehead atoms. The van der Waals surface area contributed by atoms with E-state index in [9.17, 15) is 32.9 Å². The van der Waals surface area contributed by atoms with Crippen molar-refractivity contribution in [2.75, 3.05) is 32.4 Å². The smallest absolute Gasteiger partial charge is 0.343 e. The molecule has 0 spiro atoms. The Morgan fingerprint density at radius 1 is 1.27 bits per heavy atom. The molecule has 0 atom stereocenters. The molecule has 2 N–H and O–H groups in total. The number of pyridine rings is 1. The normalized spacial score (nSPS) is 15.2. The van der Waals surface area contributed by atoms with Gasteiger partial charge in [-0.15, -0.1) is 0 Å². The minimum atomic E-state index is -4.58. The fourth-order valence-corrected chi connectivity index (χ4v) is 4.91. The number of aromatic nitrogens is 1. The Balaban J connectivity index is 1.62. The largest absolute Gasteiger partial charge is 0.417 e. The van der Waals surface area contributed by atoms with Gasteiger partial charge in [-0.25, -0.2) is 4.98 Å². The van der Waals surface area contributed by atoms with Crippen LogP contribution in [0, 0.1) is 10.1 Å². The molecule has 2 amide bonds. The lowest BCUT2D eigenvalue weighted by atomic mass is 9.86. The molecule has 37 heavy (non-hydrogen) atoms. The van der Waals surface area contributed by atoms with Crippen LogP contribution in [0.1, 0.15) is 24.0 Å². The van der Waals surface area contributed by atoms with Crippen LogP contribution in [0.2, 0.25) is 5.02 Å². The second-order valence-electron chi connectivity index (χ2n) is 8.58. The predicted octanol–water partition coefficient (Wildman–Crippen LogP) is 3.69. The molecule has 200 valence electrons. The van der Waals surface area contributed by atoms with E-state index < -0.39 is 28.1 Å². The third-order valence-electron chi connectivity index (χ3n) is 5.95. The quantitative estimate of drug-likeness (QED) is 0.273. The number of carbonyl (C=O) groups is 2. The average molecular weight is 560 g/mol. The summed E-state index contributed by atoms with van der Waals surface area (Å²) in [5.74, 6) is -0.922. The van der Waals surface area contributed by atoms with Crippen LogP contribution in [0.5, 0.6) is 0 Å². The Labute approximate surface area is 220 Å². The number of amides is 2. The monoisotopic (exact) mass is 559 g/mol. The van der Waals surface area contributed by atoms with Crippen LogP contribution in [0.25, 0.3) is 0 Å². The van der Waals surface area contributed by atoms with Gasteiger partial charge in [0.1, 0.15) is 10.6 Å². The molecule has 14 heteroatoms. The van der Waals surface area contributed by atoms with Crippen LogP contribution in [0.3, 0.4) is 0 Å². The number of hydrogen-bond acceptors (Lipinski definition) is 7. The number of nitrogens with zero attached hydrogens (tertiary/aromatic N) is 3. The Bertz CT molecular complexity index is 1140. The first-order valence-electron chi connectivity index (χ1n) is 11.3. The van der Waals surface area contributed by atoms with E-state index in [1.807, 2.05) is 0 Å². The maximum absolute atomic E-state index is 13.4. The number of thioether (sulfide) groups is 1. The summed E-state index contributed by atoms with van der Waals surface area (Å²) in [5.41, 5.74) is -1.31. The summed E-state index contributed by atoms with van der Waals surface area (Å²) in [6.45, 7) is 1.37. The number of nitro benzene ring substituents is 1. The van der Waals surface area contributed by atoms with Crippen molar-refractivity contribution in [1.82, 2.24) is 20.5 Å². The Morgan fingerprint density at radius 3 is 2.49 bits per heavy atom. The number of rotatable bonds is 9. The third kappa shape index (κ3) is 7.55. The van der Waals surface area contributed by atoms with Gasteiger partial charge in [-0.2, -0.15) is 13.2 Å². The number of nitro groups is 1. The first-order chi connectivity index (χ1) is 17.4. The van der Waals surface area contributed by atoms with E-state index in [1.165, 1.54) is 17.0 Å². The number of likely N-dealkylation sites (N-methyl/N-ethyl adjacent to an activating group) is 1. The van der Waals surface area contributed by atoms with Gasteiger partial charge in [0.2, 0.25) is 11.8 Å². The lowest BCUT2D eigenvalue weighted by Crippen LogP contribution is -2.63. The minimum absolute atomic E-state index is 0.0183. The zero-order valence-corrected chi connectivity index (χ0v) is 21.4. The van der Waals surface area contributed by atoms with Gasteiger partial charge >= 0.3 is 6.18 Å². The molecule has 2 heterocycles. The lowest BCUT2D eigenvalue weighted by molar-refractivity contribution is -0.384. The molecule has 1 aliphatic rings. The predicted molar refractivity (Wildman–Crippen MR) is 132 cm³/mol. The minimum Gasteiger partial charge on any atom is -0.343 e. The number of nitrogens with one attached hydrogen (secondary N) is 2. The SMILES string of the molecule is CN(CCc1ccc([N+](=O)[O-])cc1)C(=O)C1(NC(=O)CSc2ncc(C(F)(F)F)cc2Cl)CCNCC1. The van der Waals surface area contributed by atoms with Crippen molar-refractivity contribution in [2.45, 2.75) is 36.0 Å². The van der Waals surface area contributed by atoms with Gasteiger partial charge in [0.05, 0.1) is 21.3 Å². The number of halogens is 4. The fourth-order valence-electron chi connectivity index (χ4n) is 3.92. The Kier molecular flexibility index (Phi) is 9.37. The van der Waals surface area contributed by atoms with Gasteiger partial charge < -0.3 is 15.5 Å². The van der Waals surface area contributed by atoms with Gasteiger partial charge in [0, 0.05) is 31.9 Å². The van der Waals surface area contributed by atoms with Gasteiger partial charge in [0.15, 0.2) is 0 Å². The van der Waals surface area contributed by atoms with Crippen molar-refractivity contribution in [3.63, 3.8) is 0 Å². The summed E-state index contributed by atoms with van der Waals surface area (Å²) >= 11 is 6.80. The van der Waals surface area contributed by atoms with E-state index in [1.54, 1.807) is 19.2 Å². The highest BCUT2D eigenvalue weighted by Gasteiger charge is 2.42. The lowest BCUT2D eigenvalue weighted by Gasteiger charge is -2.39. The Morgan fingerprint density at radius 2 is 1.92 bits per heavy atom. The molecule has 0 aliphatic carbocycles. The van der Waals surface area contributed by atoms with Gasteiger partial charge in [-0.1, -0.05) is 35.5 Å². The first kappa shape index (κ1) is 28.7. The van der Waals surface area contributed by atoms with Gasteiger partial charge in [0.25, 0.3) is 5.69 Å². The fraction of sp³-hybridized carbons (Fsp3) is 0.435. The van der Waals surface area contributed by atoms with Crippen LogP contribution in [-0.2, 0) is 22.2 Å². The maximum Gasteiger partial charge on any atom is 0.417 e. The molecule has 0 radical (unpaired) electrons. The zero-order valence-electron chi connectivity index (χ0n) is 19.8. The second kappa shape index (κ2) is 12.1. The standard InChI is InChI=1S/C23H25ClF3N5O4S/c1-31(11-6-15-2-4-17(5-3-15)32(35)36)21(34)22(7-9-28-10-8-22)30-19(33)14-37-20-18(24)12-16(13-29-20)23(25,26)27/h2-5,12-13,28H,6-11,14H2,1H3,(H,30,33). The van der Waals surface area contributed by atoms with Crippen LogP contribution < -0.4 is 10.6 Å². The van der Waals surface area contributed by atoms with Crippen molar-refractivity contribution < 1.29 is 27.7 Å². The molecule has 2 aromatic rings. The molecular formula is C23H25ClF3N5O4S. The van der Waals surface area contributed by atoms with E-state index in [4.69, 9.17) is 11.6 Å². The van der Waals surface area contributed by atoms with Crippen molar-refractivity contribution >= 4 is 40.9 Å². The molecule has 9 nitrogen and oxygen atoms in total. The van der Waals surface area contributed by atoms with Crippen molar-refractivity contribution in [3.8, 4) is 0 Å². The molecule has 0 saturated carbocycles. The van der Waals surface area contributed by atoms with Gasteiger partial charge in [-0.05, 0) is 44.0 Å². The summed E-state index contributed by atoms with van der Waals surface area (Å²) in [5, 5.41) is 16.7. The maximum atomic E-state index is 13.4. The zero-order chi connectivity index (χ0) is 27.2. The average Bonchev–Trinajstić information content (AvgIpc) is 2.86. The summed E-state index contributed by atoms with van der Waals surface area (Å²) in [7, 11) is 1.63. The van der Waals surface area contributed by atoms with E-state index in [-0.39, 0.29) is 27.4 Å². The topological polar surface area (TPSA) is 117 Å². The second-order valence-corrected chi connectivity index (χ2v) is 9.95. The Hall–Kier alpha value is -2.90. The molecule has 3 rings (SSSR count). The van der Waals surface area contributed by atoms with Crippen molar-refractivity contribution in [2.24, 2.45) is 0 Å². The van der Waals surface area contributed by atoms with E-state index >= 15 is 0 Å². The third-order valence-corrected chi connectivity index (χ3v) is 7.36. The number of carbonyl (C=O) groups excluding carboxylic acids is 2. The molecule has 1 aliphatic heterocycles. The van der Waals surface area contributed by atoms with Crippen molar-refractivity contribution in [3.05, 3.63) is 62.8 Å². The molecule has 1 fully saturated rings. The van der Waals surface area contributed by atoms with Crippen LogP contribution in [-0.4, -0.2) is 64.6 Å². The number of non-ortho nitro benzene ring substituents is 1. The molecule has 0 unspecified atom stereocenters. The molecule has 1 aromatic carbocycles. The van der Waals surface area contributed by atoms with E-state index in [2.05, 4.69) is 15.6 Å². The van der Waals surface area contributed by atoms with Crippen LogP contribution in [0.15, 0.2) is 41.6 Å². The van der Waals surface area contributed by atoms with Crippen molar-refractivity contribution in [1.29, 1.82) is 0 Å². The molecule has 1 saturated heterocycles. The van der Waals surface area contributed by atoms with E-state index in [0.717, 1.165) is 23.4 Å². The highest BCUT2D eigenvalue weighted by molar-refractivity contribution is 8.00. The van der Waals surface area contributed by atoms with E-state index in [0.29, 0.717) is 45.1 Å². The summed E-state index contributed by atoms with van der Waals surface area (Å²) in [4.78, 5) is 41.8. The van der Waals surface area contributed by atoms with Crippen LogP contribution in [0.4, 0.5) is 18.9 Å². The number of hydrogen-bond donors (Lipinski definition) is 2. The summed E-state index contributed by atoms with van der Waals surface area (Å²) in [6, 6.07) is 6.83. The van der Waals surface area contributed by atoms with Gasteiger partial charge in [-0.3, -0.25) is 19.7 Å². The molecule has 1 aromatic heterocycles. The first-order valence-corrected chi connectivity index (χ1v) is 12.6. The molecular weight excluding hydrogens is 535 g/mol.